The number of Topliss-reactive ketones (excluding diaryl/α,β-unsaturated/α-hetero) is 1. The normalized spacial score (nSPS) is 17.4. The van der Waals surface area contributed by atoms with Crippen molar-refractivity contribution in [2.45, 2.75) is 65.3 Å². The molecular formula is C27H33Cl3FN3O2. The smallest absolute Gasteiger partial charge is 0.170 e. The van der Waals surface area contributed by atoms with E-state index in [1.807, 2.05) is 0 Å². The molecule has 0 unspecified atom stereocenters. The highest BCUT2D eigenvalue weighted by molar-refractivity contribution is 6.32. The number of rotatable bonds is 7. The van der Waals surface area contributed by atoms with Crippen molar-refractivity contribution in [2.24, 2.45) is 11.8 Å². The van der Waals surface area contributed by atoms with Gasteiger partial charge in [-0.05, 0) is 68.7 Å². The molecule has 196 valence electrons. The molecule has 36 heavy (non-hydrogen) atoms. The van der Waals surface area contributed by atoms with Crippen molar-refractivity contribution >= 4 is 58.9 Å². The molecule has 0 bridgehead atoms. The number of aromatic nitrogens is 2. The van der Waals surface area contributed by atoms with Crippen LogP contribution in [0.25, 0.3) is 22.3 Å². The van der Waals surface area contributed by atoms with Crippen molar-refractivity contribution in [1.29, 1.82) is 0 Å². The van der Waals surface area contributed by atoms with E-state index in [1.165, 1.54) is 44.7 Å². The van der Waals surface area contributed by atoms with E-state index in [1.54, 1.807) is 18.3 Å². The molecule has 2 aromatic heterocycles. The van der Waals surface area contributed by atoms with Crippen LogP contribution in [0.4, 0.5) is 10.1 Å². The second-order valence-electron chi connectivity index (χ2n) is 9.79. The van der Waals surface area contributed by atoms with Crippen LogP contribution < -0.4 is 5.32 Å². The van der Waals surface area contributed by atoms with Crippen LogP contribution in [0.5, 0.6) is 5.75 Å². The van der Waals surface area contributed by atoms with Crippen LogP contribution in [0.15, 0.2) is 30.5 Å². The molecule has 4 rings (SSSR count). The van der Waals surface area contributed by atoms with Gasteiger partial charge in [0.2, 0.25) is 0 Å². The minimum Gasteiger partial charge on any atom is -0.504 e. The van der Waals surface area contributed by atoms with Gasteiger partial charge in [0.1, 0.15) is 5.52 Å². The monoisotopic (exact) mass is 555 g/mol. The van der Waals surface area contributed by atoms with Crippen molar-refractivity contribution in [2.75, 3.05) is 5.32 Å². The van der Waals surface area contributed by atoms with Crippen molar-refractivity contribution in [1.82, 2.24) is 9.97 Å². The van der Waals surface area contributed by atoms with E-state index in [0.717, 1.165) is 24.7 Å². The number of anilines is 1. The van der Waals surface area contributed by atoms with Crippen molar-refractivity contribution in [3.05, 3.63) is 46.9 Å². The quantitative estimate of drug-likeness (QED) is 0.287. The zero-order valence-corrected chi connectivity index (χ0v) is 23.1. The number of carbonyl (C=O) groups excluding carboxylic acids is 1. The summed E-state index contributed by atoms with van der Waals surface area (Å²) >= 11 is 5.98. The number of aromatic hydroxyl groups is 1. The van der Waals surface area contributed by atoms with Crippen molar-refractivity contribution in [3.8, 4) is 17.0 Å². The Hall–Kier alpha value is -2.15. The largest absolute Gasteiger partial charge is 0.504 e. The van der Waals surface area contributed by atoms with Crippen LogP contribution in [0.1, 0.15) is 69.7 Å². The summed E-state index contributed by atoms with van der Waals surface area (Å²) in [6.45, 7) is 6.06. The first kappa shape index (κ1) is 30.1. The number of phenols is 1. The van der Waals surface area contributed by atoms with Gasteiger partial charge in [-0.2, -0.15) is 0 Å². The van der Waals surface area contributed by atoms with Gasteiger partial charge in [0.15, 0.2) is 17.3 Å². The topological polar surface area (TPSA) is 75.1 Å². The Bertz CT molecular complexity index is 1190. The first-order valence-corrected chi connectivity index (χ1v) is 12.4. The summed E-state index contributed by atoms with van der Waals surface area (Å²) in [5.41, 5.74) is 3.30. The number of phenolic OH excluding ortho intramolecular Hbond substituents is 1. The van der Waals surface area contributed by atoms with Crippen LogP contribution in [0, 0.1) is 17.7 Å². The van der Waals surface area contributed by atoms with E-state index in [9.17, 15) is 14.3 Å². The Balaban J connectivity index is 0.00000228. The van der Waals surface area contributed by atoms with Crippen LogP contribution in [0.2, 0.25) is 5.02 Å². The van der Waals surface area contributed by atoms with Gasteiger partial charge in [-0.1, -0.05) is 38.3 Å². The van der Waals surface area contributed by atoms with Crippen LogP contribution >= 0.6 is 36.4 Å². The number of benzene rings is 1. The van der Waals surface area contributed by atoms with Gasteiger partial charge in [0, 0.05) is 17.8 Å². The second-order valence-corrected chi connectivity index (χ2v) is 10.2. The number of ketones is 1. The van der Waals surface area contributed by atoms with Gasteiger partial charge < -0.3 is 10.4 Å². The average Bonchev–Trinajstić information content (AvgIpc) is 2.81. The molecule has 2 heterocycles. The lowest BCUT2D eigenvalue weighted by Crippen LogP contribution is -2.27. The van der Waals surface area contributed by atoms with Crippen LogP contribution in [0.3, 0.4) is 0 Å². The summed E-state index contributed by atoms with van der Waals surface area (Å²) in [7, 11) is 0. The van der Waals surface area contributed by atoms with E-state index < -0.39 is 11.6 Å². The third kappa shape index (κ3) is 6.78. The lowest BCUT2D eigenvalue weighted by molar-refractivity contribution is 0.101. The van der Waals surface area contributed by atoms with Gasteiger partial charge in [-0.25, -0.2) is 9.37 Å². The Labute approximate surface area is 229 Å². The Morgan fingerprint density at radius 1 is 1.19 bits per heavy atom. The number of nitrogens with zero attached hydrogens (tertiary/aromatic N) is 2. The predicted octanol–water partition coefficient (Wildman–Crippen LogP) is 8.25. The van der Waals surface area contributed by atoms with E-state index in [0.29, 0.717) is 33.5 Å². The summed E-state index contributed by atoms with van der Waals surface area (Å²) < 4.78 is 14.1. The number of carbonyl (C=O) groups is 1. The molecule has 5 nitrogen and oxygen atoms in total. The van der Waals surface area contributed by atoms with Crippen LogP contribution in [-0.4, -0.2) is 26.9 Å². The predicted molar refractivity (Wildman–Crippen MR) is 150 cm³/mol. The van der Waals surface area contributed by atoms with Gasteiger partial charge in [-0.15, -0.1) is 24.8 Å². The third-order valence-corrected chi connectivity index (χ3v) is 7.04. The van der Waals surface area contributed by atoms with Gasteiger partial charge in [-0.3, -0.25) is 9.78 Å². The van der Waals surface area contributed by atoms with Gasteiger partial charge >= 0.3 is 0 Å². The maximum atomic E-state index is 14.1. The fraction of sp³-hybridized carbons (Fsp3) is 0.444. The Morgan fingerprint density at radius 3 is 2.50 bits per heavy atom. The van der Waals surface area contributed by atoms with Crippen LogP contribution in [-0.2, 0) is 0 Å². The Morgan fingerprint density at radius 2 is 1.89 bits per heavy atom. The molecule has 0 aliphatic heterocycles. The molecule has 0 spiro atoms. The highest BCUT2D eigenvalue weighted by Gasteiger charge is 2.24. The molecule has 0 amide bonds. The lowest BCUT2D eigenvalue weighted by atomic mass is 9.82. The number of hydrogen-bond donors (Lipinski definition) is 2. The maximum Gasteiger partial charge on any atom is 0.170 e. The summed E-state index contributed by atoms with van der Waals surface area (Å²) in [4.78, 5) is 21.6. The molecule has 1 aliphatic carbocycles. The van der Waals surface area contributed by atoms with E-state index in [4.69, 9.17) is 16.6 Å². The van der Waals surface area contributed by atoms with Gasteiger partial charge in [0.05, 0.1) is 27.5 Å². The molecule has 1 fully saturated rings. The standard InChI is InChI=1S/C27H31ClFN3O2.2ClH/c1-15(2)4-5-17-6-8-19(9-7-17)31-25-20(16(3)33)14-30-24-11-10-23(32-26(24)25)18-12-21(28)27(34)22(29)13-18;;/h10-15,17,19,34H,4-9H2,1-3H3,(H,30,31);2*1H. The average molecular weight is 557 g/mol. The molecule has 1 aliphatic rings. The minimum atomic E-state index is -0.812. The first-order chi connectivity index (χ1) is 16.2. The molecule has 1 aromatic carbocycles. The molecule has 1 saturated carbocycles. The minimum absolute atomic E-state index is 0. The fourth-order valence-corrected chi connectivity index (χ4v) is 4.93. The molecule has 0 saturated heterocycles. The van der Waals surface area contributed by atoms with E-state index in [2.05, 4.69) is 24.1 Å². The SMILES string of the molecule is CC(=O)c1cnc2ccc(-c3cc(F)c(O)c(Cl)c3)nc2c1NC1CCC(CCC(C)C)CC1.Cl.Cl. The molecule has 9 heteroatoms. The first-order valence-electron chi connectivity index (χ1n) is 12.0. The number of hydrogen-bond acceptors (Lipinski definition) is 5. The Kier molecular flexibility index (Phi) is 10.8. The summed E-state index contributed by atoms with van der Waals surface area (Å²) in [5, 5.41) is 13.2. The van der Waals surface area contributed by atoms with Crippen molar-refractivity contribution < 1.29 is 14.3 Å². The molecule has 0 atom stereocenters. The number of fused-ring (bicyclic) bond motifs is 1. The van der Waals surface area contributed by atoms with E-state index >= 15 is 0 Å². The summed E-state index contributed by atoms with van der Waals surface area (Å²) in [5.74, 6) is 0.00858. The molecular weight excluding hydrogens is 524 g/mol. The van der Waals surface area contributed by atoms with E-state index in [-0.39, 0.29) is 41.7 Å². The molecule has 0 radical (unpaired) electrons. The second kappa shape index (κ2) is 12.9. The molecule has 2 N–H and O–H groups in total. The molecule has 3 aromatic rings. The maximum absolute atomic E-state index is 14.1. The third-order valence-electron chi connectivity index (χ3n) is 6.75. The fourth-order valence-electron chi connectivity index (χ4n) is 4.72. The zero-order chi connectivity index (χ0) is 24.4. The highest BCUT2D eigenvalue weighted by atomic mass is 35.5. The highest BCUT2D eigenvalue weighted by Crippen LogP contribution is 2.35. The number of pyridine rings is 2. The summed E-state index contributed by atoms with van der Waals surface area (Å²) in [6, 6.07) is 6.46. The van der Waals surface area contributed by atoms with Gasteiger partial charge in [0.25, 0.3) is 0 Å². The van der Waals surface area contributed by atoms with Crippen molar-refractivity contribution in [3.63, 3.8) is 0 Å². The zero-order valence-electron chi connectivity index (χ0n) is 20.7. The summed E-state index contributed by atoms with van der Waals surface area (Å²) in [6.07, 6.45) is 8.57. The lowest BCUT2D eigenvalue weighted by Gasteiger charge is -2.30. The number of nitrogens with one attached hydrogen (secondary N) is 1. The number of halogens is 4.